The Bertz CT molecular complexity index is 143. The molecule has 0 radical (unpaired) electrons. The number of rotatable bonds is 10. The van der Waals surface area contributed by atoms with Gasteiger partial charge in [0.2, 0.25) is 0 Å². The summed E-state index contributed by atoms with van der Waals surface area (Å²) in [6.45, 7) is 10.8. The minimum Gasteiger partial charge on any atom is -0.317 e. The summed E-state index contributed by atoms with van der Waals surface area (Å²) in [5, 5.41) is 3.47. The molecule has 1 fully saturated rings. The fourth-order valence-electron chi connectivity index (χ4n) is 2.01. The van der Waals surface area contributed by atoms with Gasteiger partial charge in [-0.3, -0.25) is 0 Å². The van der Waals surface area contributed by atoms with E-state index in [1.165, 1.54) is 64.8 Å². The molecule has 90 valence electrons. The van der Waals surface area contributed by atoms with Crippen LogP contribution in [0.25, 0.3) is 0 Å². The molecule has 1 aliphatic rings. The van der Waals surface area contributed by atoms with E-state index in [0.717, 1.165) is 5.92 Å². The van der Waals surface area contributed by atoms with Crippen molar-refractivity contribution in [2.24, 2.45) is 5.92 Å². The molecular formula is C13H28N2. The Labute approximate surface area is 95.4 Å². The van der Waals surface area contributed by atoms with Gasteiger partial charge < -0.3 is 10.2 Å². The van der Waals surface area contributed by atoms with Crippen LogP contribution in [0.1, 0.15) is 46.0 Å². The van der Waals surface area contributed by atoms with Gasteiger partial charge in [-0.25, -0.2) is 0 Å². The lowest BCUT2D eigenvalue weighted by Gasteiger charge is -2.21. The van der Waals surface area contributed by atoms with Crippen LogP contribution in [-0.2, 0) is 0 Å². The molecule has 1 N–H and O–H groups in total. The van der Waals surface area contributed by atoms with Gasteiger partial charge in [-0.1, -0.05) is 13.8 Å². The van der Waals surface area contributed by atoms with Crippen molar-refractivity contribution in [3.63, 3.8) is 0 Å². The van der Waals surface area contributed by atoms with E-state index in [1.807, 2.05) is 0 Å². The predicted molar refractivity (Wildman–Crippen MR) is 67.2 cm³/mol. The zero-order valence-corrected chi connectivity index (χ0v) is 10.6. The molecule has 0 aromatic carbocycles. The second-order valence-corrected chi connectivity index (χ2v) is 4.85. The van der Waals surface area contributed by atoms with Crippen molar-refractivity contribution in [2.45, 2.75) is 46.0 Å². The van der Waals surface area contributed by atoms with Gasteiger partial charge in [-0.05, 0) is 64.2 Å². The van der Waals surface area contributed by atoms with Gasteiger partial charge in [0.1, 0.15) is 0 Å². The summed E-state index contributed by atoms with van der Waals surface area (Å²) in [6.07, 6.45) is 6.82. The van der Waals surface area contributed by atoms with Crippen LogP contribution in [0, 0.1) is 5.92 Å². The van der Waals surface area contributed by atoms with E-state index in [1.54, 1.807) is 0 Å². The lowest BCUT2D eigenvalue weighted by molar-refractivity contribution is 0.259. The molecule has 2 heteroatoms. The molecule has 1 rings (SSSR count). The molecule has 0 aliphatic heterocycles. The van der Waals surface area contributed by atoms with Gasteiger partial charge in [0.05, 0.1) is 0 Å². The van der Waals surface area contributed by atoms with Crippen molar-refractivity contribution in [3.05, 3.63) is 0 Å². The van der Waals surface area contributed by atoms with E-state index in [0.29, 0.717) is 0 Å². The first-order valence-corrected chi connectivity index (χ1v) is 6.79. The van der Waals surface area contributed by atoms with Gasteiger partial charge in [0.25, 0.3) is 0 Å². The van der Waals surface area contributed by atoms with Gasteiger partial charge in [-0.2, -0.15) is 0 Å². The molecule has 0 bridgehead atoms. The quantitative estimate of drug-likeness (QED) is 0.560. The first kappa shape index (κ1) is 13.0. The fraction of sp³-hybridized carbons (Fsp3) is 1.00. The van der Waals surface area contributed by atoms with Crippen molar-refractivity contribution < 1.29 is 0 Å². The molecule has 0 aromatic heterocycles. The normalized spacial score (nSPS) is 16.2. The Morgan fingerprint density at radius 1 is 1.07 bits per heavy atom. The third-order valence-electron chi connectivity index (χ3n) is 3.01. The predicted octanol–water partition coefficient (Wildman–Crippen LogP) is 2.50. The first-order valence-electron chi connectivity index (χ1n) is 6.79. The maximum atomic E-state index is 3.47. The highest BCUT2D eigenvalue weighted by atomic mass is 15.1. The lowest BCUT2D eigenvalue weighted by Crippen LogP contribution is -2.30. The SMILES string of the molecule is CCCNCCCN(CCC)CC1CC1. The van der Waals surface area contributed by atoms with Crippen LogP contribution in [0.5, 0.6) is 0 Å². The second-order valence-electron chi connectivity index (χ2n) is 4.85. The molecule has 2 nitrogen and oxygen atoms in total. The van der Waals surface area contributed by atoms with Crippen molar-refractivity contribution in [2.75, 3.05) is 32.7 Å². The van der Waals surface area contributed by atoms with E-state index in [4.69, 9.17) is 0 Å². The molecule has 15 heavy (non-hydrogen) atoms. The van der Waals surface area contributed by atoms with Crippen molar-refractivity contribution >= 4 is 0 Å². The molecule has 0 heterocycles. The Balaban J connectivity index is 1.97. The summed E-state index contributed by atoms with van der Waals surface area (Å²) in [5.74, 6) is 1.04. The van der Waals surface area contributed by atoms with Crippen LogP contribution in [0.3, 0.4) is 0 Å². The summed E-state index contributed by atoms with van der Waals surface area (Å²) in [5.41, 5.74) is 0. The monoisotopic (exact) mass is 212 g/mol. The van der Waals surface area contributed by atoms with Crippen molar-refractivity contribution in [3.8, 4) is 0 Å². The minimum absolute atomic E-state index is 1.04. The van der Waals surface area contributed by atoms with Crippen molar-refractivity contribution in [1.29, 1.82) is 0 Å². The third-order valence-corrected chi connectivity index (χ3v) is 3.01. The van der Waals surface area contributed by atoms with E-state index in [9.17, 15) is 0 Å². The zero-order valence-electron chi connectivity index (χ0n) is 10.6. The fourth-order valence-corrected chi connectivity index (χ4v) is 2.01. The standard InChI is InChI=1S/C13H28N2/c1-3-8-14-9-5-11-15(10-4-2)12-13-6-7-13/h13-14H,3-12H2,1-2H3. The Hall–Kier alpha value is -0.0800. The van der Waals surface area contributed by atoms with Crippen molar-refractivity contribution in [1.82, 2.24) is 10.2 Å². The molecule has 1 saturated carbocycles. The zero-order chi connectivity index (χ0) is 10.9. The van der Waals surface area contributed by atoms with Crippen LogP contribution in [0.2, 0.25) is 0 Å². The summed E-state index contributed by atoms with van der Waals surface area (Å²) < 4.78 is 0. The number of hydrogen-bond donors (Lipinski definition) is 1. The number of nitrogens with one attached hydrogen (secondary N) is 1. The molecule has 0 unspecified atom stereocenters. The van der Waals surface area contributed by atoms with Gasteiger partial charge in [0.15, 0.2) is 0 Å². The molecule has 0 aromatic rings. The summed E-state index contributed by atoms with van der Waals surface area (Å²) in [6, 6.07) is 0. The summed E-state index contributed by atoms with van der Waals surface area (Å²) in [7, 11) is 0. The van der Waals surface area contributed by atoms with Crippen LogP contribution < -0.4 is 5.32 Å². The molecular weight excluding hydrogens is 184 g/mol. The van der Waals surface area contributed by atoms with Crippen LogP contribution in [0.4, 0.5) is 0 Å². The van der Waals surface area contributed by atoms with Crippen LogP contribution in [-0.4, -0.2) is 37.6 Å². The molecule has 0 amide bonds. The number of hydrogen-bond acceptors (Lipinski definition) is 2. The minimum atomic E-state index is 1.04. The van der Waals surface area contributed by atoms with E-state index in [2.05, 4.69) is 24.1 Å². The largest absolute Gasteiger partial charge is 0.317 e. The highest BCUT2D eigenvalue weighted by Gasteiger charge is 2.23. The topological polar surface area (TPSA) is 15.3 Å². The smallest absolute Gasteiger partial charge is 0.000967 e. The third kappa shape index (κ3) is 6.91. The molecule has 0 saturated heterocycles. The van der Waals surface area contributed by atoms with E-state index in [-0.39, 0.29) is 0 Å². The lowest BCUT2D eigenvalue weighted by atomic mass is 10.3. The Morgan fingerprint density at radius 3 is 2.47 bits per heavy atom. The molecule has 1 aliphatic carbocycles. The van der Waals surface area contributed by atoms with Crippen LogP contribution in [0.15, 0.2) is 0 Å². The summed E-state index contributed by atoms with van der Waals surface area (Å²) >= 11 is 0. The van der Waals surface area contributed by atoms with E-state index < -0.39 is 0 Å². The Kier molecular flexibility index (Phi) is 7.03. The highest BCUT2D eigenvalue weighted by molar-refractivity contribution is 4.77. The summed E-state index contributed by atoms with van der Waals surface area (Å²) in [4.78, 5) is 2.66. The molecule has 0 spiro atoms. The highest BCUT2D eigenvalue weighted by Crippen LogP contribution is 2.29. The Morgan fingerprint density at radius 2 is 1.87 bits per heavy atom. The maximum Gasteiger partial charge on any atom is 0.000967 e. The van der Waals surface area contributed by atoms with Crippen LogP contribution >= 0.6 is 0 Å². The first-order chi connectivity index (χ1) is 7.36. The average Bonchev–Trinajstić information content (AvgIpc) is 3.01. The number of nitrogens with zero attached hydrogens (tertiary/aromatic N) is 1. The van der Waals surface area contributed by atoms with Gasteiger partial charge in [-0.15, -0.1) is 0 Å². The van der Waals surface area contributed by atoms with Gasteiger partial charge >= 0.3 is 0 Å². The van der Waals surface area contributed by atoms with E-state index >= 15 is 0 Å². The molecule has 0 atom stereocenters. The van der Waals surface area contributed by atoms with Gasteiger partial charge in [0, 0.05) is 6.54 Å². The maximum absolute atomic E-state index is 3.47. The second kappa shape index (κ2) is 8.12. The average molecular weight is 212 g/mol.